The van der Waals surface area contributed by atoms with Crippen molar-refractivity contribution in [1.29, 1.82) is 0 Å². The molecule has 2 heterocycles. The molecule has 150 valence electrons. The van der Waals surface area contributed by atoms with Crippen molar-refractivity contribution in [2.24, 2.45) is 5.92 Å². The summed E-state index contributed by atoms with van der Waals surface area (Å²) >= 11 is 0. The SMILES string of the molecule is CC(C)[C@@H](C(=O)NCCc1c[nH]c2ccc(F)cc12)N1Cc2ccccc2C1=O. The number of hydrogen-bond acceptors (Lipinski definition) is 2. The first-order chi connectivity index (χ1) is 14.0. The number of benzene rings is 2. The van der Waals surface area contributed by atoms with Crippen molar-refractivity contribution in [3.63, 3.8) is 0 Å². The van der Waals surface area contributed by atoms with Gasteiger partial charge in [0.2, 0.25) is 5.91 Å². The number of rotatable bonds is 6. The van der Waals surface area contributed by atoms with Gasteiger partial charge in [-0.15, -0.1) is 0 Å². The molecule has 0 spiro atoms. The molecule has 1 aliphatic rings. The summed E-state index contributed by atoms with van der Waals surface area (Å²) in [5.41, 5.74) is 3.45. The third-order valence-corrected chi connectivity index (χ3v) is 5.51. The first kappa shape index (κ1) is 19.2. The highest BCUT2D eigenvalue weighted by Crippen LogP contribution is 2.27. The second-order valence-electron chi connectivity index (χ2n) is 7.82. The van der Waals surface area contributed by atoms with Gasteiger partial charge in [-0.2, -0.15) is 0 Å². The molecule has 0 saturated carbocycles. The molecule has 3 aromatic rings. The molecule has 1 aromatic heterocycles. The first-order valence-electron chi connectivity index (χ1n) is 9.88. The monoisotopic (exact) mass is 393 g/mol. The molecule has 1 atom stereocenters. The standard InChI is InChI=1S/C23H24FN3O2/c1-14(2)21(27-13-16-5-3-4-6-18(16)23(27)29)22(28)25-10-9-15-12-26-20-8-7-17(24)11-19(15)20/h3-8,11-12,14,21,26H,9-10,13H2,1-2H3,(H,25,28)/t21-/m0/s1. The molecule has 2 amide bonds. The summed E-state index contributed by atoms with van der Waals surface area (Å²) in [6, 6.07) is 11.6. The highest BCUT2D eigenvalue weighted by Gasteiger charge is 2.37. The summed E-state index contributed by atoms with van der Waals surface area (Å²) in [6.07, 6.45) is 2.42. The van der Waals surface area contributed by atoms with Gasteiger partial charge in [-0.05, 0) is 47.7 Å². The van der Waals surface area contributed by atoms with Gasteiger partial charge in [0, 0.05) is 35.8 Å². The van der Waals surface area contributed by atoms with Gasteiger partial charge in [0.15, 0.2) is 0 Å². The zero-order valence-electron chi connectivity index (χ0n) is 16.5. The number of fused-ring (bicyclic) bond motifs is 2. The van der Waals surface area contributed by atoms with Crippen molar-refractivity contribution in [1.82, 2.24) is 15.2 Å². The number of nitrogens with zero attached hydrogens (tertiary/aromatic N) is 1. The van der Waals surface area contributed by atoms with E-state index in [2.05, 4.69) is 10.3 Å². The van der Waals surface area contributed by atoms with Crippen LogP contribution >= 0.6 is 0 Å². The smallest absolute Gasteiger partial charge is 0.255 e. The van der Waals surface area contributed by atoms with Crippen molar-refractivity contribution < 1.29 is 14.0 Å². The summed E-state index contributed by atoms with van der Waals surface area (Å²) in [7, 11) is 0. The normalized spacial score (nSPS) is 14.5. The van der Waals surface area contributed by atoms with Crippen LogP contribution in [0.25, 0.3) is 10.9 Å². The average Bonchev–Trinajstić information content (AvgIpc) is 3.23. The maximum Gasteiger partial charge on any atom is 0.255 e. The Morgan fingerprint density at radius 3 is 2.79 bits per heavy atom. The second kappa shape index (κ2) is 7.70. The molecule has 2 aromatic carbocycles. The van der Waals surface area contributed by atoms with Gasteiger partial charge in [0.05, 0.1) is 0 Å². The highest BCUT2D eigenvalue weighted by atomic mass is 19.1. The fourth-order valence-corrected chi connectivity index (χ4v) is 4.09. The molecule has 4 rings (SSSR count). The highest BCUT2D eigenvalue weighted by molar-refractivity contribution is 6.01. The van der Waals surface area contributed by atoms with Crippen molar-refractivity contribution in [2.75, 3.05) is 6.54 Å². The van der Waals surface area contributed by atoms with Crippen molar-refractivity contribution >= 4 is 22.7 Å². The number of halogens is 1. The lowest BCUT2D eigenvalue weighted by Crippen LogP contribution is -2.50. The predicted octanol–water partition coefficient (Wildman–Crippen LogP) is 3.65. The zero-order valence-corrected chi connectivity index (χ0v) is 16.5. The first-order valence-corrected chi connectivity index (χ1v) is 9.88. The summed E-state index contributed by atoms with van der Waals surface area (Å²) < 4.78 is 13.5. The zero-order chi connectivity index (χ0) is 20.5. The number of nitrogens with one attached hydrogen (secondary N) is 2. The van der Waals surface area contributed by atoms with E-state index < -0.39 is 6.04 Å². The van der Waals surface area contributed by atoms with Gasteiger partial charge in [0.25, 0.3) is 5.91 Å². The molecular weight excluding hydrogens is 369 g/mol. The van der Waals surface area contributed by atoms with Gasteiger partial charge in [0.1, 0.15) is 11.9 Å². The van der Waals surface area contributed by atoms with E-state index in [0.717, 1.165) is 22.0 Å². The lowest BCUT2D eigenvalue weighted by molar-refractivity contribution is -0.127. The number of carbonyl (C=O) groups excluding carboxylic acids is 2. The Labute approximate surface area is 168 Å². The number of H-pyrrole nitrogens is 1. The van der Waals surface area contributed by atoms with Crippen LogP contribution in [0, 0.1) is 11.7 Å². The van der Waals surface area contributed by atoms with Crippen LogP contribution in [0.4, 0.5) is 4.39 Å². The fourth-order valence-electron chi connectivity index (χ4n) is 4.09. The molecule has 29 heavy (non-hydrogen) atoms. The molecule has 0 aliphatic carbocycles. The van der Waals surface area contributed by atoms with E-state index in [1.165, 1.54) is 12.1 Å². The van der Waals surface area contributed by atoms with Crippen molar-refractivity contribution in [3.05, 3.63) is 71.2 Å². The molecule has 0 fully saturated rings. The van der Waals surface area contributed by atoms with Gasteiger partial charge in [-0.25, -0.2) is 4.39 Å². The quantitative estimate of drug-likeness (QED) is 0.671. The average molecular weight is 393 g/mol. The molecule has 0 saturated heterocycles. The van der Waals surface area contributed by atoms with E-state index in [-0.39, 0.29) is 23.5 Å². The van der Waals surface area contributed by atoms with Crippen LogP contribution in [0.15, 0.2) is 48.7 Å². The van der Waals surface area contributed by atoms with Gasteiger partial charge in [-0.1, -0.05) is 32.0 Å². The Morgan fingerprint density at radius 1 is 1.24 bits per heavy atom. The molecule has 1 aliphatic heterocycles. The predicted molar refractivity (Wildman–Crippen MR) is 110 cm³/mol. The van der Waals surface area contributed by atoms with Gasteiger partial charge < -0.3 is 15.2 Å². The molecule has 0 radical (unpaired) electrons. The minimum atomic E-state index is -0.532. The summed E-state index contributed by atoms with van der Waals surface area (Å²) in [5, 5.41) is 3.79. The molecule has 0 unspecified atom stereocenters. The maximum absolute atomic E-state index is 13.5. The van der Waals surface area contributed by atoms with Crippen molar-refractivity contribution in [3.8, 4) is 0 Å². The van der Waals surface area contributed by atoms with E-state index in [1.807, 2.05) is 44.3 Å². The number of amides is 2. The Bertz CT molecular complexity index is 1070. The van der Waals surface area contributed by atoms with Gasteiger partial charge in [-0.3, -0.25) is 9.59 Å². The van der Waals surface area contributed by atoms with E-state index >= 15 is 0 Å². The Balaban J connectivity index is 1.43. The minimum absolute atomic E-state index is 0.0181. The van der Waals surface area contributed by atoms with Crippen LogP contribution in [0.3, 0.4) is 0 Å². The van der Waals surface area contributed by atoms with Crippen LogP contribution in [-0.2, 0) is 17.8 Å². The largest absolute Gasteiger partial charge is 0.361 e. The molecule has 2 N–H and O–H groups in total. The fraction of sp³-hybridized carbons (Fsp3) is 0.304. The topological polar surface area (TPSA) is 65.2 Å². The lowest BCUT2D eigenvalue weighted by Gasteiger charge is -2.30. The minimum Gasteiger partial charge on any atom is -0.361 e. The van der Waals surface area contributed by atoms with Gasteiger partial charge >= 0.3 is 0 Å². The second-order valence-corrected chi connectivity index (χ2v) is 7.82. The van der Waals surface area contributed by atoms with E-state index in [0.29, 0.717) is 25.1 Å². The Hall–Kier alpha value is -3.15. The number of aromatic amines is 1. The molecular formula is C23H24FN3O2. The lowest BCUT2D eigenvalue weighted by atomic mass is 10.0. The summed E-state index contributed by atoms with van der Waals surface area (Å²) in [6.45, 7) is 4.76. The van der Waals surface area contributed by atoms with Crippen molar-refractivity contribution in [2.45, 2.75) is 32.9 Å². The Morgan fingerprint density at radius 2 is 2.03 bits per heavy atom. The van der Waals surface area contributed by atoms with Crippen LogP contribution in [-0.4, -0.2) is 34.3 Å². The molecule has 6 heteroatoms. The number of aromatic nitrogens is 1. The summed E-state index contributed by atoms with van der Waals surface area (Å²) in [5.74, 6) is -0.557. The van der Waals surface area contributed by atoms with E-state index in [1.54, 1.807) is 11.0 Å². The van der Waals surface area contributed by atoms with E-state index in [9.17, 15) is 14.0 Å². The summed E-state index contributed by atoms with van der Waals surface area (Å²) in [4.78, 5) is 30.5. The maximum atomic E-state index is 13.5. The third kappa shape index (κ3) is 3.62. The van der Waals surface area contributed by atoms with Crippen LogP contribution in [0.2, 0.25) is 0 Å². The number of hydrogen-bond donors (Lipinski definition) is 2. The van der Waals surface area contributed by atoms with Crippen LogP contribution in [0.5, 0.6) is 0 Å². The van der Waals surface area contributed by atoms with Crippen LogP contribution < -0.4 is 5.32 Å². The number of carbonyl (C=O) groups is 2. The third-order valence-electron chi connectivity index (χ3n) is 5.51. The van der Waals surface area contributed by atoms with Crippen LogP contribution in [0.1, 0.15) is 35.3 Å². The Kier molecular flexibility index (Phi) is 5.09. The molecule has 5 nitrogen and oxygen atoms in total. The molecule has 0 bridgehead atoms. The van der Waals surface area contributed by atoms with E-state index in [4.69, 9.17) is 0 Å².